The maximum Gasteiger partial charge on any atom is 0.334 e. The van der Waals surface area contributed by atoms with Crippen molar-refractivity contribution in [3.8, 4) is 0 Å². The lowest BCUT2D eigenvalue weighted by atomic mass is 9.63. The molecule has 2 rings (SSSR count). The SMILES string of the molecule is CCCCCCCCCCCCCCCCCCC(O)(CCCCCCCCCCCCCCCCCC)C(CO)(CO)CO.CCCCCCCCCc1ccccc1C(O)(c1ccccc1CCCCCCCCC)C(CO)(CO)CO.OP(O)OP(O)O.OP(O)OP(O)O. The van der Waals surface area contributed by atoms with E-state index >= 15 is 0 Å². The number of benzene rings is 2. The largest absolute Gasteiger partial charge is 0.395 e. The lowest BCUT2D eigenvalue weighted by molar-refractivity contribution is -0.162. The molecular formula is C76H148O18P4. The third-order valence-corrected chi connectivity index (χ3v) is 22.0. The molecule has 18 nitrogen and oxygen atoms in total. The van der Waals surface area contributed by atoms with Crippen LogP contribution in [-0.4, -0.2) is 125 Å². The molecule has 0 amide bonds. The zero-order valence-electron chi connectivity index (χ0n) is 62.0. The van der Waals surface area contributed by atoms with Gasteiger partial charge in [0.15, 0.2) is 0 Å². The van der Waals surface area contributed by atoms with Gasteiger partial charge < -0.3 is 80.0 Å². The van der Waals surface area contributed by atoms with Crippen LogP contribution in [-0.2, 0) is 27.1 Å². The molecular weight excluding hydrogens is 1320 g/mol. The molecule has 98 heavy (non-hydrogen) atoms. The van der Waals surface area contributed by atoms with Crippen molar-refractivity contribution >= 4 is 34.4 Å². The molecule has 0 aromatic heterocycles. The topological polar surface area (TPSA) is 342 Å². The van der Waals surface area contributed by atoms with E-state index in [2.05, 4.69) is 36.3 Å². The maximum absolute atomic E-state index is 12.7. The Balaban J connectivity index is 0. The minimum atomic E-state index is -2.61. The Morgan fingerprint density at radius 2 is 0.459 bits per heavy atom. The smallest absolute Gasteiger partial charge is 0.334 e. The molecule has 0 atom stereocenters. The van der Waals surface area contributed by atoms with Crippen LogP contribution in [0.1, 0.15) is 358 Å². The maximum atomic E-state index is 12.7. The molecule has 0 unspecified atom stereocenters. The number of rotatable bonds is 64. The van der Waals surface area contributed by atoms with Gasteiger partial charge in [-0.05, 0) is 60.8 Å². The highest BCUT2D eigenvalue weighted by Gasteiger charge is 2.54. The standard InChI is InChI=1S/C41H84O4.C35H56O4.2H4O5P2/c1-3-5-7-9-11-13-15-17-19-21-23-25-27-29-31-33-35-41(45,40(37-42,38-43)39-44)36-34-32-30-28-26-24-22-20-18-16-14-12-10-8-6-4-2;1-3-5-7-9-11-13-15-21-30-23-17-19-25-32(30)35(39,34(27-36,28-37)29-38)33-26-20-18-24-31(33)22-16-14-12-10-8-6-4-2;2*1-6(2)5-7(3)4/h42-45H,3-39H2,1-2H3;17-20,23-26,36-39H,3-16,21-22,27-29H2,1-2H3;2*1-4H. The van der Waals surface area contributed by atoms with E-state index in [1.807, 2.05) is 48.5 Å². The molecule has 0 aliphatic rings. The fourth-order valence-electron chi connectivity index (χ4n) is 13.2. The van der Waals surface area contributed by atoms with Gasteiger partial charge in [0, 0.05) is 0 Å². The van der Waals surface area contributed by atoms with Crippen LogP contribution in [0.3, 0.4) is 0 Å². The predicted molar refractivity (Wildman–Crippen MR) is 408 cm³/mol. The predicted octanol–water partition coefficient (Wildman–Crippen LogP) is 18.3. The van der Waals surface area contributed by atoms with Crippen LogP contribution in [0.25, 0.3) is 0 Å². The lowest BCUT2D eigenvalue weighted by Gasteiger charge is -2.46. The molecule has 580 valence electrons. The Morgan fingerprint density at radius 1 is 0.265 bits per heavy atom. The van der Waals surface area contributed by atoms with Crippen LogP contribution in [0.5, 0.6) is 0 Å². The fraction of sp³-hybridized carbons (Fsp3) is 0.842. The number of hydrogen-bond donors (Lipinski definition) is 16. The Bertz CT molecular complexity index is 1850. The first kappa shape index (κ1) is 99.5. The van der Waals surface area contributed by atoms with Crippen molar-refractivity contribution in [2.45, 2.75) is 360 Å². The molecule has 0 bridgehead atoms. The molecule has 0 fully saturated rings. The van der Waals surface area contributed by atoms with E-state index in [1.54, 1.807) is 0 Å². The van der Waals surface area contributed by atoms with Gasteiger partial charge in [0.25, 0.3) is 0 Å². The van der Waals surface area contributed by atoms with E-state index < -0.39 is 76.3 Å². The average molecular weight is 1470 g/mol. The zero-order chi connectivity index (χ0) is 73.3. The van der Waals surface area contributed by atoms with Crippen LogP contribution >= 0.6 is 34.4 Å². The Hall–Kier alpha value is -0.560. The van der Waals surface area contributed by atoms with Gasteiger partial charge in [0.2, 0.25) is 0 Å². The summed E-state index contributed by atoms with van der Waals surface area (Å²) in [5, 5.41) is 86.4. The molecule has 0 aliphatic heterocycles. The first-order valence-electron chi connectivity index (χ1n) is 38.7. The second-order valence-electron chi connectivity index (χ2n) is 27.6. The number of unbranched alkanes of at least 4 members (excludes halogenated alkanes) is 42. The summed E-state index contributed by atoms with van der Waals surface area (Å²) < 4.78 is 7.20. The third-order valence-electron chi connectivity index (χ3n) is 19.7. The van der Waals surface area contributed by atoms with E-state index in [-0.39, 0.29) is 19.8 Å². The number of aliphatic hydroxyl groups is 8. The van der Waals surface area contributed by atoms with E-state index in [1.165, 1.54) is 244 Å². The molecule has 0 saturated heterocycles. The summed E-state index contributed by atoms with van der Waals surface area (Å²) in [6.07, 6.45) is 61.5. The van der Waals surface area contributed by atoms with Crippen LogP contribution in [0.4, 0.5) is 0 Å². The highest BCUT2D eigenvalue weighted by atomic mass is 31.2. The summed E-state index contributed by atoms with van der Waals surface area (Å²) in [5.41, 5.74) is -2.31. The molecule has 2 aromatic carbocycles. The van der Waals surface area contributed by atoms with Crippen molar-refractivity contribution in [2.24, 2.45) is 10.8 Å². The Kier molecular flexibility index (Phi) is 69.3. The number of hydrogen-bond acceptors (Lipinski definition) is 18. The molecule has 0 spiro atoms. The van der Waals surface area contributed by atoms with E-state index in [0.717, 1.165) is 75.3 Å². The molecule has 22 heteroatoms. The van der Waals surface area contributed by atoms with Crippen molar-refractivity contribution in [3.63, 3.8) is 0 Å². The molecule has 0 aliphatic carbocycles. The number of aryl methyl sites for hydroxylation is 2. The number of aliphatic hydroxyl groups excluding tert-OH is 6. The molecule has 0 saturated carbocycles. The molecule has 0 heterocycles. The van der Waals surface area contributed by atoms with Crippen LogP contribution in [0.15, 0.2) is 48.5 Å². The lowest BCUT2D eigenvalue weighted by Crippen LogP contribution is -2.55. The van der Waals surface area contributed by atoms with Crippen molar-refractivity contribution in [3.05, 3.63) is 70.8 Å². The highest BCUT2D eigenvalue weighted by molar-refractivity contribution is 7.53. The van der Waals surface area contributed by atoms with Gasteiger partial charge >= 0.3 is 34.4 Å². The van der Waals surface area contributed by atoms with Crippen molar-refractivity contribution in [2.75, 3.05) is 39.6 Å². The van der Waals surface area contributed by atoms with E-state index in [9.17, 15) is 40.9 Å². The summed E-state index contributed by atoms with van der Waals surface area (Å²) in [7, 11) is -10.4. The van der Waals surface area contributed by atoms with Crippen LogP contribution < -0.4 is 0 Å². The van der Waals surface area contributed by atoms with Gasteiger partial charge in [-0.1, -0.05) is 359 Å². The van der Waals surface area contributed by atoms with Crippen molar-refractivity contribution in [1.29, 1.82) is 0 Å². The molecule has 16 N–H and O–H groups in total. The van der Waals surface area contributed by atoms with Crippen LogP contribution in [0.2, 0.25) is 0 Å². The minimum Gasteiger partial charge on any atom is -0.395 e. The van der Waals surface area contributed by atoms with E-state index in [4.69, 9.17) is 39.1 Å². The second-order valence-corrected chi connectivity index (χ2v) is 30.9. The summed E-state index contributed by atoms with van der Waals surface area (Å²) >= 11 is 0. The van der Waals surface area contributed by atoms with Gasteiger partial charge in [-0.3, -0.25) is 0 Å². The van der Waals surface area contributed by atoms with Crippen LogP contribution in [0, 0.1) is 10.8 Å². The minimum absolute atomic E-state index is 0.381. The summed E-state index contributed by atoms with van der Waals surface area (Å²) in [4.78, 5) is 62.5. The summed E-state index contributed by atoms with van der Waals surface area (Å²) in [5.74, 6) is 0. The van der Waals surface area contributed by atoms with Crippen molar-refractivity contribution in [1.82, 2.24) is 0 Å². The summed E-state index contributed by atoms with van der Waals surface area (Å²) in [6, 6.07) is 15.7. The Labute approximate surface area is 601 Å². The Morgan fingerprint density at radius 3 is 0.653 bits per heavy atom. The normalized spacial score (nSPS) is 12.2. The van der Waals surface area contributed by atoms with Crippen molar-refractivity contribution < 1.29 is 88.6 Å². The first-order chi connectivity index (χ1) is 47.3. The molecule has 0 radical (unpaired) electrons. The van der Waals surface area contributed by atoms with Gasteiger partial charge in [-0.15, -0.1) is 0 Å². The molecule has 2 aromatic rings. The average Bonchev–Trinajstić information content (AvgIpc) is 0.732. The van der Waals surface area contributed by atoms with Gasteiger partial charge in [-0.2, -0.15) is 0 Å². The fourth-order valence-corrected chi connectivity index (χ4v) is 14.3. The second kappa shape index (κ2) is 68.3. The quantitative estimate of drug-likeness (QED) is 0.0216. The summed E-state index contributed by atoms with van der Waals surface area (Å²) in [6.45, 7) is 6.28. The zero-order valence-corrected chi connectivity index (χ0v) is 65.6. The van der Waals surface area contributed by atoms with E-state index in [0.29, 0.717) is 24.0 Å². The van der Waals surface area contributed by atoms with Gasteiger partial charge in [0.05, 0.1) is 56.1 Å². The van der Waals surface area contributed by atoms with Gasteiger partial charge in [-0.25, -0.2) is 8.62 Å². The highest BCUT2D eigenvalue weighted by Crippen LogP contribution is 2.48. The van der Waals surface area contributed by atoms with Gasteiger partial charge in [0.1, 0.15) is 5.60 Å². The monoisotopic (exact) mass is 1470 g/mol. The third kappa shape index (κ3) is 47.8. The first-order valence-corrected chi connectivity index (χ1v) is 43.4.